The first kappa shape index (κ1) is 20.7. The number of amides is 2. The van der Waals surface area contributed by atoms with E-state index in [4.69, 9.17) is 4.74 Å². The van der Waals surface area contributed by atoms with Gasteiger partial charge >= 0.3 is 0 Å². The molecule has 1 heterocycles. The molecule has 6 heteroatoms. The number of carbonyl (C=O) groups is 2. The zero-order chi connectivity index (χ0) is 20.8. The van der Waals surface area contributed by atoms with E-state index in [-0.39, 0.29) is 24.2 Å². The van der Waals surface area contributed by atoms with Crippen LogP contribution in [0.1, 0.15) is 25.8 Å². The number of hydrogen-bond acceptors (Lipinski definition) is 4. The monoisotopic (exact) mass is 395 g/mol. The predicted octanol–water partition coefficient (Wildman–Crippen LogP) is 3.21. The Morgan fingerprint density at radius 3 is 2.34 bits per heavy atom. The van der Waals surface area contributed by atoms with Gasteiger partial charge in [-0.15, -0.1) is 0 Å². The maximum absolute atomic E-state index is 12.6. The SMILES string of the molecule is CCN(CC)c1ccc(N2CC(C(=O)NCc3ccc(OC)cc3)CC2=O)cc1. The van der Waals surface area contributed by atoms with Crippen LogP contribution in [-0.4, -0.2) is 38.6 Å². The highest BCUT2D eigenvalue weighted by Crippen LogP contribution is 2.27. The lowest BCUT2D eigenvalue weighted by molar-refractivity contribution is -0.126. The fourth-order valence-corrected chi connectivity index (χ4v) is 3.64. The van der Waals surface area contributed by atoms with Crippen LogP contribution in [0.25, 0.3) is 0 Å². The summed E-state index contributed by atoms with van der Waals surface area (Å²) in [5.74, 6) is 0.356. The predicted molar refractivity (Wildman–Crippen MR) is 115 cm³/mol. The fraction of sp³-hybridized carbons (Fsp3) is 0.391. The van der Waals surface area contributed by atoms with Crippen molar-refractivity contribution in [3.05, 3.63) is 54.1 Å². The van der Waals surface area contributed by atoms with Crippen molar-refractivity contribution < 1.29 is 14.3 Å². The van der Waals surface area contributed by atoms with Gasteiger partial charge in [0.15, 0.2) is 0 Å². The second-order valence-electron chi connectivity index (χ2n) is 7.16. The molecule has 0 aromatic heterocycles. The molecule has 0 aliphatic carbocycles. The minimum atomic E-state index is -0.330. The molecular formula is C23H29N3O3. The average molecular weight is 396 g/mol. The van der Waals surface area contributed by atoms with E-state index in [1.807, 2.05) is 48.5 Å². The van der Waals surface area contributed by atoms with Crippen molar-refractivity contribution in [1.82, 2.24) is 5.32 Å². The first-order valence-corrected chi connectivity index (χ1v) is 10.1. The number of ether oxygens (including phenoxy) is 1. The molecule has 6 nitrogen and oxygen atoms in total. The van der Waals surface area contributed by atoms with Gasteiger partial charge < -0.3 is 19.9 Å². The Morgan fingerprint density at radius 2 is 1.76 bits per heavy atom. The highest BCUT2D eigenvalue weighted by Gasteiger charge is 2.35. The van der Waals surface area contributed by atoms with E-state index in [1.54, 1.807) is 12.0 Å². The summed E-state index contributed by atoms with van der Waals surface area (Å²) in [6.45, 7) is 6.97. The van der Waals surface area contributed by atoms with E-state index in [0.717, 1.165) is 35.8 Å². The van der Waals surface area contributed by atoms with Gasteiger partial charge in [-0.25, -0.2) is 0 Å². The summed E-state index contributed by atoms with van der Waals surface area (Å²) in [5.41, 5.74) is 2.97. The number of anilines is 2. The maximum atomic E-state index is 12.6. The molecule has 2 aromatic carbocycles. The third-order valence-electron chi connectivity index (χ3n) is 5.41. The van der Waals surface area contributed by atoms with Crippen LogP contribution in [0.4, 0.5) is 11.4 Å². The van der Waals surface area contributed by atoms with Crippen LogP contribution in [-0.2, 0) is 16.1 Å². The molecule has 1 atom stereocenters. The first-order chi connectivity index (χ1) is 14.0. The number of rotatable bonds is 8. The fourth-order valence-electron chi connectivity index (χ4n) is 3.64. The van der Waals surface area contributed by atoms with E-state index in [1.165, 1.54) is 0 Å². The van der Waals surface area contributed by atoms with Gasteiger partial charge in [0.2, 0.25) is 11.8 Å². The maximum Gasteiger partial charge on any atom is 0.227 e. The van der Waals surface area contributed by atoms with E-state index < -0.39 is 0 Å². The van der Waals surface area contributed by atoms with Gasteiger partial charge in [-0.2, -0.15) is 0 Å². The summed E-state index contributed by atoms with van der Waals surface area (Å²) >= 11 is 0. The van der Waals surface area contributed by atoms with Crippen LogP contribution in [0.2, 0.25) is 0 Å². The van der Waals surface area contributed by atoms with Crippen molar-refractivity contribution in [2.75, 3.05) is 36.5 Å². The van der Waals surface area contributed by atoms with Gasteiger partial charge in [0.05, 0.1) is 13.0 Å². The van der Waals surface area contributed by atoms with Crippen LogP contribution in [0.3, 0.4) is 0 Å². The van der Waals surface area contributed by atoms with Gasteiger partial charge in [0, 0.05) is 44.0 Å². The molecule has 154 valence electrons. The van der Waals surface area contributed by atoms with Crippen molar-refractivity contribution in [2.45, 2.75) is 26.8 Å². The summed E-state index contributed by atoms with van der Waals surface area (Å²) in [5, 5.41) is 2.94. The van der Waals surface area contributed by atoms with E-state index in [0.29, 0.717) is 13.1 Å². The van der Waals surface area contributed by atoms with E-state index in [2.05, 4.69) is 24.1 Å². The van der Waals surface area contributed by atoms with Crippen LogP contribution >= 0.6 is 0 Å². The Balaban J connectivity index is 1.58. The quantitative estimate of drug-likeness (QED) is 0.746. The Kier molecular flexibility index (Phi) is 6.75. The van der Waals surface area contributed by atoms with E-state index in [9.17, 15) is 9.59 Å². The molecule has 0 bridgehead atoms. The number of carbonyl (C=O) groups excluding carboxylic acids is 2. The summed E-state index contributed by atoms with van der Waals surface area (Å²) < 4.78 is 5.14. The Morgan fingerprint density at radius 1 is 1.10 bits per heavy atom. The molecule has 1 fully saturated rings. The van der Waals surface area contributed by atoms with Crippen LogP contribution in [0.5, 0.6) is 5.75 Å². The lowest BCUT2D eigenvalue weighted by Crippen LogP contribution is -2.32. The molecule has 1 unspecified atom stereocenters. The van der Waals surface area contributed by atoms with Gasteiger partial charge in [-0.05, 0) is 55.8 Å². The van der Waals surface area contributed by atoms with Gasteiger partial charge in [0.1, 0.15) is 5.75 Å². The van der Waals surface area contributed by atoms with Gasteiger partial charge in [-0.1, -0.05) is 12.1 Å². The van der Waals surface area contributed by atoms with Crippen molar-refractivity contribution in [1.29, 1.82) is 0 Å². The molecule has 0 saturated carbocycles. The standard InChI is InChI=1S/C23H29N3O3/c1-4-25(5-2)19-8-10-20(11-9-19)26-16-18(14-22(26)27)23(28)24-15-17-6-12-21(29-3)13-7-17/h6-13,18H,4-5,14-16H2,1-3H3,(H,24,28). The molecular weight excluding hydrogens is 366 g/mol. The second-order valence-corrected chi connectivity index (χ2v) is 7.16. The lowest BCUT2D eigenvalue weighted by atomic mass is 10.1. The minimum absolute atomic E-state index is 0.00909. The Bertz CT molecular complexity index is 829. The summed E-state index contributed by atoms with van der Waals surface area (Å²) in [6.07, 6.45) is 0.242. The van der Waals surface area contributed by atoms with Crippen molar-refractivity contribution in [2.24, 2.45) is 5.92 Å². The molecule has 2 aromatic rings. The number of hydrogen-bond donors (Lipinski definition) is 1. The molecule has 0 spiro atoms. The number of nitrogens with one attached hydrogen (secondary N) is 1. The van der Waals surface area contributed by atoms with Gasteiger partial charge in [-0.3, -0.25) is 9.59 Å². The highest BCUT2D eigenvalue weighted by atomic mass is 16.5. The summed E-state index contributed by atoms with van der Waals surface area (Å²) in [6, 6.07) is 15.6. The second kappa shape index (κ2) is 9.45. The molecule has 1 aliphatic rings. The minimum Gasteiger partial charge on any atom is -0.497 e. The van der Waals surface area contributed by atoms with Crippen molar-refractivity contribution in [3.8, 4) is 5.75 Å². The average Bonchev–Trinajstić information content (AvgIpc) is 3.15. The van der Waals surface area contributed by atoms with E-state index >= 15 is 0 Å². The van der Waals surface area contributed by atoms with Crippen LogP contribution in [0, 0.1) is 5.92 Å². The smallest absolute Gasteiger partial charge is 0.227 e. The van der Waals surface area contributed by atoms with Crippen molar-refractivity contribution in [3.63, 3.8) is 0 Å². The molecule has 1 saturated heterocycles. The number of methoxy groups -OCH3 is 1. The molecule has 1 aliphatic heterocycles. The summed E-state index contributed by atoms with van der Waals surface area (Å²) in [4.78, 5) is 29.0. The third kappa shape index (κ3) is 4.88. The number of benzene rings is 2. The molecule has 1 N–H and O–H groups in total. The topological polar surface area (TPSA) is 61.9 Å². The lowest BCUT2D eigenvalue weighted by Gasteiger charge is -2.22. The zero-order valence-corrected chi connectivity index (χ0v) is 17.4. The molecule has 0 radical (unpaired) electrons. The van der Waals surface area contributed by atoms with Crippen LogP contribution < -0.4 is 19.9 Å². The first-order valence-electron chi connectivity index (χ1n) is 10.1. The normalized spacial score (nSPS) is 16.0. The van der Waals surface area contributed by atoms with Crippen LogP contribution in [0.15, 0.2) is 48.5 Å². The Labute approximate surface area is 172 Å². The number of nitrogens with zero attached hydrogens (tertiary/aromatic N) is 2. The van der Waals surface area contributed by atoms with Gasteiger partial charge in [0.25, 0.3) is 0 Å². The van der Waals surface area contributed by atoms with Crippen molar-refractivity contribution >= 4 is 23.2 Å². The molecule has 2 amide bonds. The molecule has 3 rings (SSSR count). The molecule has 29 heavy (non-hydrogen) atoms. The highest BCUT2D eigenvalue weighted by molar-refractivity contribution is 6.00. The summed E-state index contributed by atoms with van der Waals surface area (Å²) in [7, 11) is 1.62. The zero-order valence-electron chi connectivity index (χ0n) is 17.4. The third-order valence-corrected chi connectivity index (χ3v) is 5.41. The Hall–Kier alpha value is -3.02. The largest absolute Gasteiger partial charge is 0.497 e.